The molecule has 0 radical (unpaired) electrons. The van der Waals surface area contributed by atoms with E-state index in [1.54, 1.807) is 30.5 Å². The number of hydrogen-bond donors (Lipinski definition) is 2. The number of phenols is 1. The number of aromatic hydroxyl groups is 1. The molecule has 33 heavy (non-hydrogen) atoms. The molecule has 6 nitrogen and oxygen atoms in total. The molecule has 3 aromatic carbocycles. The highest BCUT2D eigenvalue weighted by molar-refractivity contribution is 9.13. The van der Waals surface area contributed by atoms with E-state index in [2.05, 4.69) is 42.2 Å². The van der Waals surface area contributed by atoms with E-state index in [9.17, 15) is 9.90 Å². The molecule has 8 heteroatoms. The first-order valence-corrected chi connectivity index (χ1v) is 11.7. The van der Waals surface area contributed by atoms with Gasteiger partial charge in [0, 0.05) is 26.2 Å². The maximum Gasteiger partial charge on any atom is 0.291 e. The van der Waals surface area contributed by atoms with Crippen LogP contribution in [0.5, 0.6) is 11.5 Å². The number of amides is 1. The molecule has 0 saturated carbocycles. The molecule has 1 amide bonds. The van der Waals surface area contributed by atoms with Gasteiger partial charge in [0.1, 0.15) is 5.58 Å². The van der Waals surface area contributed by atoms with Crippen molar-refractivity contribution in [3.05, 3.63) is 80.4 Å². The molecule has 4 aromatic rings. The predicted octanol–water partition coefficient (Wildman–Crippen LogP) is 7.37. The molecule has 4 rings (SSSR count). The van der Waals surface area contributed by atoms with Crippen LogP contribution in [-0.2, 0) is 0 Å². The summed E-state index contributed by atoms with van der Waals surface area (Å²) in [5.41, 5.74) is 3.32. The second kappa shape index (κ2) is 9.80. The summed E-state index contributed by atoms with van der Waals surface area (Å²) >= 11 is 6.92. The van der Waals surface area contributed by atoms with Crippen LogP contribution < -0.4 is 10.1 Å². The number of hydrogen-bond acceptors (Lipinski definition) is 5. The van der Waals surface area contributed by atoms with Gasteiger partial charge in [0.25, 0.3) is 5.91 Å². The van der Waals surface area contributed by atoms with Gasteiger partial charge in [-0.05, 0) is 87.7 Å². The van der Waals surface area contributed by atoms with Crippen LogP contribution in [0.2, 0.25) is 0 Å². The normalized spacial score (nSPS) is 11.3. The Morgan fingerprint density at radius 3 is 2.70 bits per heavy atom. The summed E-state index contributed by atoms with van der Waals surface area (Å²) in [5, 5.41) is 14.3. The number of halogens is 2. The Labute approximate surface area is 207 Å². The van der Waals surface area contributed by atoms with Gasteiger partial charge in [-0.2, -0.15) is 0 Å². The van der Waals surface area contributed by atoms with Crippen LogP contribution in [0.25, 0.3) is 11.0 Å². The van der Waals surface area contributed by atoms with Gasteiger partial charge in [0.15, 0.2) is 17.3 Å². The highest BCUT2D eigenvalue weighted by Gasteiger charge is 2.15. The number of nitrogens with zero attached hydrogens (tertiary/aromatic N) is 1. The minimum atomic E-state index is -0.322. The zero-order valence-corrected chi connectivity index (χ0v) is 21.0. The van der Waals surface area contributed by atoms with E-state index >= 15 is 0 Å². The van der Waals surface area contributed by atoms with Crippen molar-refractivity contribution in [2.24, 2.45) is 4.99 Å². The zero-order chi connectivity index (χ0) is 23.5. The number of anilines is 1. The Morgan fingerprint density at radius 2 is 1.97 bits per heavy atom. The quantitative estimate of drug-likeness (QED) is 0.237. The number of aliphatic imine (C=N–C) groups is 1. The molecule has 0 aliphatic carbocycles. The molecule has 0 saturated heterocycles. The predicted molar refractivity (Wildman–Crippen MR) is 137 cm³/mol. The van der Waals surface area contributed by atoms with Gasteiger partial charge in [-0.1, -0.05) is 18.2 Å². The van der Waals surface area contributed by atoms with E-state index in [4.69, 9.17) is 9.15 Å². The van der Waals surface area contributed by atoms with E-state index in [-0.39, 0.29) is 17.4 Å². The largest absolute Gasteiger partial charge is 0.504 e. The number of phenolic OH excluding ortho intramolecular Hbond substituents is 1. The van der Waals surface area contributed by atoms with E-state index in [0.29, 0.717) is 39.4 Å². The third-order valence-corrected chi connectivity index (χ3v) is 6.95. The smallest absolute Gasteiger partial charge is 0.291 e. The molecule has 0 aliphatic heterocycles. The van der Waals surface area contributed by atoms with Crippen LogP contribution in [0.4, 0.5) is 11.4 Å². The molecule has 168 valence electrons. The molecule has 2 N–H and O–H groups in total. The van der Waals surface area contributed by atoms with Crippen molar-refractivity contribution in [3.8, 4) is 11.5 Å². The van der Waals surface area contributed by atoms with Gasteiger partial charge in [-0.15, -0.1) is 0 Å². The second-order valence-electron chi connectivity index (χ2n) is 7.23. The number of fused-ring (bicyclic) bond motifs is 1. The van der Waals surface area contributed by atoms with Crippen molar-refractivity contribution in [2.75, 3.05) is 11.9 Å². The van der Waals surface area contributed by atoms with Crippen LogP contribution >= 0.6 is 31.9 Å². The highest BCUT2D eigenvalue weighted by Crippen LogP contribution is 2.40. The third kappa shape index (κ3) is 4.96. The molecule has 0 aliphatic rings. The summed E-state index contributed by atoms with van der Waals surface area (Å²) in [4.78, 5) is 17.1. The average molecular weight is 572 g/mol. The van der Waals surface area contributed by atoms with Gasteiger partial charge in [-0.3, -0.25) is 9.79 Å². The Bertz CT molecular complexity index is 1350. The number of ether oxygens (including phenoxy) is 1. The molecule has 0 spiro atoms. The second-order valence-corrected chi connectivity index (χ2v) is 8.87. The fourth-order valence-corrected chi connectivity index (χ4v) is 4.11. The Kier molecular flexibility index (Phi) is 6.85. The van der Waals surface area contributed by atoms with Gasteiger partial charge < -0.3 is 19.6 Å². The SMILES string of the molecule is CCOc1cc(Br)c(Br)c(C=Nc2ccc(NC(=O)c3cc4ccccc4o3)c(C)c2)c1O. The first-order valence-electron chi connectivity index (χ1n) is 10.2. The molecule has 0 fully saturated rings. The van der Waals surface area contributed by atoms with E-state index in [1.165, 1.54) is 0 Å². The number of nitrogens with one attached hydrogen (secondary N) is 1. The lowest BCUT2D eigenvalue weighted by atomic mass is 10.1. The number of carbonyl (C=O) groups excluding carboxylic acids is 1. The molecule has 0 atom stereocenters. The van der Waals surface area contributed by atoms with Crippen molar-refractivity contribution in [1.82, 2.24) is 0 Å². The Balaban J connectivity index is 1.54. The van der Waals surface area contributed by atoms with Crippen molar-refractivity contribution in [1.29, 1.82) is 0 Å². The average Bonchev–Trinajstić information content (AvgIpc) is 3.24. The Hall–Kier alpha value is -3.10. The van der Waals surface area contributed by atoms with Crippen molar-refractivity contribution in [3.63, 3.8) is 0 Å². The summed E-state index contributed by atoms with van der Waals surface area (Å²) in [6.45, 7) is 4.16. The first kappa shape index (κ1) is 23.1. The van der Waals surface area contributed by atoms with E-state index in [0.717, 1.165) is 15.4 Å². The van der Waals surface area contributed by atoms with Crippen molar-refractivity contribution in [2.45, 2.75) is 13.8 Å². The molecule has 0 unspecified atom stereocenters. The number of para-hydroxylation sites is 1. The fraction of sp³-hybridized carbons (Fsp3) is 0.120. The fourth-order valence-electron chi connectivity index (χ4n) is 3.28. The maximum absolute atomic E-state index is 12.6. The lowest BCUT2D eigenvalue weighted by Crippen LogP contribution is -2.11. The van der Waals surface area contributed by atoms with E-state index in [1.807, 2.05) is 44.2 Å². The standard InChI is InChI=1S/C25H20Br2N2O4/c1-3-32-21-12-18(26)23(27)17(24(21)30)13-28-16-8-9-19(14(2)10-16)29-25(31)22-11-15-6-4-5-7-20(15)33-22/h4-13,30H,3H2,1-2H3,(H,29,31). The maximum atomic E-state index is 12.6. The van der Waals surface area contributed by atoms with Crippen molar-refractivity contribution >= 4 is 66.3 Å². The minimum Gasteiger partial charge on any atom is -0.504 e. The number of rotatable bonds is 6. The molecule has 1 heterocycles. The lowest BCUT2D eigenvalue weighted by Gasteiger charge is -2.11. The Morgan fingerprint density at radius 1 is 1.18 bits per heavy atom. The lowest BCUT2D eigenvalue weighted by molar-refractivity contribution is 0.0998. The summed E-state index contributed by atoms with van der Waals surface area (Å²) in [6.07, 6.45) is 1.56. The molecule has 1 aromatic heterocycles. The van der Waals surface area contributed by atoms with Gasteiger partial charge >= 0.3 is 0 Å². The number of furan rings is 1. The van der Waals surface area contributed by atoms with Crippen LogP contribution in [-0.4, -0.2) is 23.8 Å². The third-order valence-electron chi connectivity index (χ3n) is 4.94. The summed E-state index contributed by atoms with van der Waals surface area (Å²) < 4.78 is 12.5. The first-order chi connectivity index (χ1) is 15.9. The highest BCUT2D eigenvalue weighted by atomic mass is 79.9. The molecule has 0 bridgehead atoms. The van der Waals surface area contributed by atoms with Gasteiger partial charge in [0.05, 0.1) is 17.9 Å². The molecular weight excluding hydrogens is 552 g/mol. The monoisotopic (exact) mass is 570 g/mol. The summed E-state index contributed by atoms with van der Waals surface area (Å²) in [7, 11) is 0. The van der Waals surface area contributed by atoms with Crippen LogP contribution in [0.3, 0.4) is 0 Å². The zero-order valence-electron chi connectivity index (χ0n) is 17.9. The number of aryl methyl sites for hydroxylation is 1. The van der Waals surface area contributed by atoms with Gasteiger partial charge in [-0.25, -0.2) is 0 Å². The topological polar surface area (TPSA) is 84.1 Å². The molecular formula is C25H20Br2N2O4. The van der Waals surface area contributed by atoms with Crippen LogP contribution in [0.15, 0.2) is 73.0 Å². The summed E-state index contributed by atoms with van der Waals surface area (Å²) in [6, 6.07) is 16.3. The number of benzene rings is 3. The summed E-state index contributed by atoms with van der Waals surface area (Å²) in [5.74, 6) is 0.297. The van der Waals surface area contributed by atoms with Crippen LogP contribution in [0.1, 0.15) is 28.6 Å². The number of carbonyl (C=O) groups is 1. The minimum absolute atomic E-state index is 0.00196. The van der Waals surface area contributed by atoms with Crippen LogP contribution in [0, 0.1) is 6.92 Å². The van der Waals surface area contributed by atoms with Crippen molar-refractivity contribution < 1.29 is 19.1 Å². The van der Waals surface area contributed by atoms with Gasteiger partial charge in [0.2, 0.25) is 0 Å². The van der Waals surface area contributed by atoms with E-state index < -0.39 is 0 Å².